The third kappa shape index (κ3) is 5.13. The van der Waals surface area contributed by atoms with Gasteiger partial charge in [-0.25, -0.2) is 4.98 Å². The number of carbonyl (C=O) groups is 1. The molecule has 37 heavy (non-hydrogen) atoms. The number of ether oxygens (including phenoxy) is 1. The average molecular weight is 496 g/mol. The molecule has 1 aromatic heterocycles. The van der Waals surface area contributed by atoms with E-state index in [2.05, 4.69) is 93.8 Å². The standard InChI is InChI=1S/C32H37N3O2/c1-21(2)26-14-12-23(4)18-30(26)37-16-8-15-34-28-10-7-6-9-27(28)33-32(34)25-19-31(36)35(20-25)29-17-22(3)11-13-24(29)5/h6-7,9-14,17-18,21,25H,8,15-16,19-20H2,1-5H3. The molecule has 3 aromatic carbocycles. The largest absolute Gasteiger partial charge is 0.493 e. The average Bonchev–Trinajstić information content (AvgIpc) is 3.43. The molecule has 192 valence electrons. The predicted octanol–water partition coefficient (Wildman–Crippen LogP) is 7.07. The molecule has 1 fully saturated rings. The maximum Gasteiger partial charge on any atom is 0.227 e. The van der Waals surface area contributed by atoms with Gasteiger partial charge in [0.1, 0.15) is 11.6 Å². The summed E-state index contributed by atoms with van der Waals surface area (Å²) in [4.78, 5) is 20.1. The Kier molecular flexibility index (Phi) is 7.05. The number of hydrogen-bond donors (Lipinski definition) is 0. The molecule has 0 radical (unpaired) electrons. The molecule has 5 nitrogen and oxygen atoms in total. The van der Waals surface area contributed by atoms with E-state index in [0.717, 1.165) is 46.8 Å². The van der Waals surface area contributed by atoms with Crippen molar-refractivity contribution in [3.05, 3.63) is 88.7 Å². The first-order valence-corrected chi connectivity index (χ1v) is 13.4. The van der Waals surface area contributed by atoms with E-state index in [0.29, 0.717) is 25.5 Å². The molecule has 1 atom stereocenters. The van der Waals surface area contributed by atoms with Crippen molar-refractivity contribution in [2.75, 3.05) is 18.1 Å². The Balaban J connectivity index is 1.36. The lowest BCUT2D eigenvalue weighted by Gasteiger charge is -2.20. The number of imidazole rings is 1. The molecule has 1 amide bonds. The van der Waals surface area contributed by atoms with Crippen LogP contribution in [-0.4, -0.2) is 28.6 Å². The lowest BCUT2D eigenvalue weighted by molar-refractivity contribution is -0.117. The minimum absolute atomic E-state index is 0.0602. The van der Waals surface area contributed by atoms with Crippen molar-refractivity contribution in [1.29, 1.82) is 0 Å². The van der Waals surface area contributed by atoms with Crippen LogP contribution in [0.25, 0.3) is 11.0 Å². The summed E-state index contributed by atoms with van der Waals surface area (Å²) in [7, 11) is 0. The highest BCUT2D eigenvalue weighted by molar-refractivity contribution is 5.97. The Morgan fingerprint density at radius 2 is 1.76 bits per heavy atom. The van der Waals surface area contributed by atoms with Gasteiger partial charge in [-0.05, 0) is 79.6 Å². The zero-order chi connectivity index (χ0) is 26.1. The van der Waals surface area contributed by atoms with Crippen LogP contribution in [-0.2, 0) is 11.3 Å². The Morgan fingerprint density at radius 1 is 1.00 bits per heavy atom. The molecule has 1 aliphatic heterocycles. The first kappa shape index (κ1) is 25.1. The molecule has 0 N–H and O–H groups in total. The van der Waals surface area contributed by atoms with Crippen molar-refractivity contribution < 1.29 is 9.53 Å². The van der Waals surface area contributed by atoms with Gasteiger partial charge >= 0.3 is 0 Å². The topological polar surface area (TPSA) is 47.4 Å². The number of hydrogen-bond acceptors (Lipinski definition) is 3. The molecule has 0 bridgehead atoms. The van der Waals surface area contributed by atoms with Gasteiger partial charge in [0.05, 0.1) is 17.6 Å². The van der Waals surface area contributed by atoms with E-state index in [-0.39, 0.29) is 11.8 Å². The fraction of sp³-hybridized carbons (Fsp3) is 0.375. The van der Waals surface area contributed by atoms with Crippen LogP contribution in [0.15, 0.2) is 60.7 Å². The summed E-state index contributed by atoms with van der Waals surface area (Å²) in [6.07, 6.45) is 1.34. The summed E-state index contributed by atoms with van der Waals surface area (Å²) in [6, 6.07) is 21.1. The molecule has 0 saturated carbocycles. The number of anilines is 1. The van der Waals surface area contributed by atoms with E-state index in [1.54, 1.807) is 0 Å². The number of fused-ring (bicyclic) bond motifs is 1. The number of rotatable bonds is 8. The Labute approximate surface area is 220 Å². The van der Waals surface area contributed by atoms with Crippen LogP contribution in [0.1, 0.15) is 66.6 Å². The molecular formula is C32H37N3O2. The Bertz CT molecular complexity index is 1440. The molecule has 5 rings (SSSR count). The van der Waals surface area contributed by atoms with Gasteiger partial charge in [-0.15, -0.1) is 0 Å². The van der Waals surface area contributed by atoms with Crippen molar-refractivity contribution in [1.82, 2.24) is 9.55 Å². The number of benzene rings is 3. The molecule has 0 spiro atoms. The van der Waals surface area contributed by atoms with E-state index in [1.165, 1.54) is 16.7 Å². The second-order valence-electron chi connectivity index (χ2n) is 10.7. The molecule has 4 aromatic rings. The summed E-state index contributed by atoms with van der Waals surface area (Å²) in [5.41, 5.74) is 7.87. The predicted molar refractivity (Wildman–Crippen MR) is 151 cm³/mol. The SMILES string of the molecule is Cc1ccc(C(C)C)c(OCCCn2c(C3CC(=O)N(c4cc(C)ccc4C)C3)nc3ccccc32)c1. The van der Waals surface area contributed by atoms with Crippen molar-refractivity contribution in [2.24, 2.45) is 0 Å². The molecule has 1 unspecified atom stereocenters. The highest BCUT2D eigenvalue weighted by Crippen LogP contribution is 2.35. The summed E-state index contributed by atoms with van der Waals surface area (Å²) in [5, 5.41) is 0. The second kappa shape index (κ2) is 10.4. The van der Waals surface area contributed by atoms with Crippen molar-refractivity contribution in [3.63, 3.8) is 0 Å². The van der Waals surface area contributed by atoms with Crippen LogP contribution in [0.5, 0.6) is 5.75 Å². The number of aromatic nitrogens is 2. The molecule has 1 saturated heterocycles. The van der Waals surface area contributed by atoms with Gasteiger partial charge in [0, 0.05) is 31.1 Å². The lowest BCUT2D eigenvalue weighted by atomic mass is 10.0. The van der Waals surface area contributed by atoms with Gasteiger partial charge in [0.25, 0.3) is 0 Å². The highest BCUT2D eigenvalue weighted by Gasteiger charge is 2.35. The zero-order valence-corrected chi connectivity index (χ0v) is 22.6. The number of amides is 1. The Hall–Kier alpha value is -3.60. The van der Waals surface area contributed by atoms with Crippen LogP contribution < -0.4 is 9.64 Å². The highest BCUT2D eigenvalue weighted by atomic mass is 16.5. The molecule has 5 heteroatoms. The molecular weight excluding hydrogens is 458 g/mol. The van der Waals surface area contributed by atoms with Gasteiger partial charge in [-0.1, -0.05) is 50.2 Å². The molecule has 0 aliphatic carbocycles. The van der Waals surface area contributed by atoms with E-state index in [9.17, 15) is 4.79 Å². The second-order valence-corrected chi connectivity index (χ2v) is 10.7. The number of carbonyl (C=O) groups excluding carboxylic acids is 1. The van der Waals surface area contributed by atoms with Crippen molar-refractivity contribution in [3.8, 4) is 5.75 Å². The van der Waals surface area contributed by atoms with Crippen LogP contribution in [0.4, 0.5) is 5.69 Å². The quantitative estimate of drug-likeness (QED) is 0.246. The van der Waals surface area contributed by atoms with Crippen LogP contribution in [0.2, 0.25) is 0 Å². The maximum atomic E-state index is 13.1. The monoisotopic (exact) mass is 495 g/mol. The van der Waals surface area contributed by atoms with Gasteiger partial charge in [-0.2, -0.15) is 0 Å². The first-order valence-electron chi connectivity index (χ1n) is 13.4. The molecule has 1 aliphatic rings. The van der Waals surface area contributed by atoms with Crippen LogP contribution >= 0.6 is 0 Å². The van der Waals surface area contributed by atoms with Gasteiger partial charge in [-0.3, -0.25) is 4.79 Å². The Morgan fingerprint density at radius 3 is 2.57 bits per heavy atom. The van der Waals surface area contributed by atoms with E-state index in [4.69, 9.17) is 9.72 Å². The van der Waals surface area contributed by atoms with E-state index < -0.39 is 0 Å². The summed E-state index contributed by atoms with van der Waals surface area (Å²) < 4.78 is 8.58. The van der Waals surface area contributed by atoms with Gasteiger partial charge in [0.15, 0.2) is 0 Å². The van der Waals surface area contributed by atoms with Gasteiger partial charge < -0.3 is 14.2 Å². The summed E-state index contributed by atoms with van der Waals surface area (Å²) in [5.74, 6) is 2.63. The minimum Gasteiger partial charge on any atom is -0.493 e. The zero-order valence-electron chi connectivity index (χ0n) is 22.6. The summed E-state index contributed by atoms with van der Waals surface area (Å²) >= 11 is 0. The lowest BCUT2D eigenvalue weighted by Crippen LogP contribution is -2.25. The third-order valence-corrected chi connectivity index (χ3v) is 7.40. The first-order chi connectivity index (χ1) is 17.8. The number of para-hydroxylation sites is 2. The van der Waals surface area contributed by atoms with Crippen LogP contribution in [0, 0.1) is 20.8 Å². The maximum absolute atomic E-state index is 13.1. The van der Waals surface area contributed by atoms with Crippen molar-refractivity contribution >= 4 is 22.6 Å². The van der Waals surface area contributed by atoms with E-state index >= 15 is 0 Å². The van der Waals surface area contributed by atoms with Crippen LogP contribution in [0.3, 0.4) is 0 Å². The number of aryl methyl sites for hydroxylation is 4. The fourth-order valence-corrected chi connectivity index (χ4v) is 5.41. The van der Waals surface area contributed by atoms with E-state index in [1.807, 2.05) is 11.0 Å². The number of nitrogens with zero attached hydrogens (tertiary/aromatic N) is 3. The van der Waals surface area contributed by atoms with Crippen molar-refractivity contribution in [2.45, 2.75) is 65.8 Å². The molecule has 2 heterocycles. The smallest absolute Gasteiger partial charge is 0.227 e. The van der Waals surface area contributed by atoms with Gasteiger partial charge in [0.2, 0.25) is 5.91 Å². The normalized spacial score (nSPS) is 15.8. The minimum atomic E-state index is 0.0602. The summed E-state index contributed by atoms with van der Waals surface area (Å²) in [6.45, 7) is 12.7. The fourth-order valence-electron chi connectivity index (χ4n) is 5.41. The third-order valence-electron chi connectivity index (χ3n) is 7.40.